The molecule has 0 amide bonds. The number of hydrogen-bond donors (Lipinski definition) is 5. The zero-order chi connectivity index (χ0) is 20.7. The second-order valence-corrected chi connectivity index (χ2v) is 6.98. The number of rotatable bonds is 4. The number of aromatic hydroxyl groups is 1. The van der Waals surface area contributed by atoms with Gasteiger partial charge in [0.25, 0.3) is 0 Å². The lowest BCUT2D eigenvalue weighted by atomic mass is 9.99. The van der Waals surface area contributed by atoms with Gasteiger partial charge in [-0.3, -0.25) is 0 Å². The van der Waals surface area contributed by atoms with Crippen LogP contribution < -0.4 is 9.47 Å². The van der Waals surface area contributed by atoms with Crippen molar-refractivity contribution in [2.45, 2.75) is 30.7 Å². The number of hydrogen-bond acceptors (Lipinski definition) is 8. The predicted molar refractivity (Wildman–Crippen MR) is 104 cm³/mol. The number of phenols is 1. The first-order chi connectivity index (χ1) is 13.9. The summed E-state index contributed by atoms with van der Waals surface area (Å²) in [6, 6.07) is 12.2. The third-order valence-corrected chi connectivity index (χ3v) is 5.19. The summed E-state index contributed by atoms with van der Waals surface area (Å²) in [5.74, 6) is 0.844. The molecule has 8 nitrogen and oxygen atoms in total. The van der Waals surface area contributed by atoms with Gasteiger partial charge in [-0.2, -0.15) is 0 Å². The molecule has 0 aromatic heterocycles. The molecule has 3 aromatic carbocycles. The van der Waals surface area contributed by atoms with Gasteiger partial charge >= 0.3 is 0 Å². The van der Waals surface area contributed by atoms with Crippen LogP contribution in [0, 0.1) is 0 Å². The maximum absolute atomic E-state index is 10.3. The average Bonchev–Trinajstić information content (AvgIpc) is 2.73. The van der Waals surface area contributed by atoms with Gasteiger partial charge in [0, 0.05) is 16.8 Å². The van der Waals surface area contributed by atoms with Gasteiger partial charge < -0.3 is 39.7 Å². The second kappa shape index (κ2) is 7.66. The van der Waals surface area contributed by atoms with E-state index in [0.29, 0.717) is 16.5 Å². The van der Waals surface area contributed by atoms with E-state index in [9.17, 15) is 25.5 Å². The third kappa shape index (κ3) is 3.35. The van der Waals surface area contributed by atoms with Crippen LogP contribution in [-0.4, -0.2) is 70.0 Å². The average molecular weight is 402 g/mol. The second-order valence-electron chi connectivity index (χ2n) is 6.98. The molecule has 1 aliphatic rings. The fourth-order valence-corrected chi connectivity index (χ4v) is 3.69. The molecule has 154 valence electrons. The molecule has 5 N–H and O–H groups in total. The Labute approximate surface area is 166 Å². The first-order valence-corrected chi connectivity index (χ1v) is 9.14. The minimum atomic E-state index is -1.53. The van der Waals surface area contributed by atoms with E-state index in [1.807, 2.05) is 18.2 Å². The van der Waals surface area contributed by atoms with Crippen molar-refractivity contribution in [1.82, 2.24) is 0 Å². The Kier molecular flexibility index (Phi) is 5.20. The number of fused-ring (bicyclic) bond motifs is 3. The summed E-state index contributed by atoms with van der Waals surface area (Å²) in [5.41, 5.74) is 0. The van der Waals surface area contributed by atoms with E-state index in [1.54, 1.807) is 24.3 Å². The molecule has 29 heavy (non-hydrogen) atoms. The summed E-state index contributed by atoms with van der Waals surface area (Å²) in [6.45, 7) is -0.545. The summed E-state index contributed by atoms with van der Waals surface area (Å²) >= 11 is 0. The molecule has 3 aromatic rings. The van der Waals surface area contributed by atoms with E-state index in [1.165, 1.54) is 7.11 Å². The van der Waals surface area contributed by atoms with E-state index < -0.39 is 37.3 Å². The van der Waals surface area contributed by atoms with Crippen molar-refractivity contribution >= 4 is 21.5 Å². The fourth-order valence-electron chi connectivity index (χ4n) is 3.69. The molecule has 8 heteroatoms. The minimum Gasteiger partial charge on any atom is -0.507 e. The van der Waals surface area contributed by atoms with Crippen LogP contribution in [0.15, 0.2) is 42.5 Å². The molecular formula is C21H22O8. The van der Waals surface area contributed by atoms with Crippen molar-refractivity contribution in [2.24, 2.45) is 0 Å². The van der Waals surface area contributed by atoms with Gasteiger partial charge in [-0.05, 0) is 22.9 Å². The Bertz CT molecular complexity index is 1030. The Morgan fingerprint density at radius 3 is 2.41 bits per heavy atom. The van der Waals surface area contributed by atoms with Crippen LogP contribution in [0.25, 0.3) is 21.5 Å². The van der Waals surface area contributed by atoms with Crippen molar-refractivity contribution < 1.29 is 39.7 Å². The van der Waals surface area contributed by atoms with Crippen LogP contribution in [0.3, 0.4) is 0 Å². The van der Waals surface area contributed by atoms with Crippen LogP contribution in [0.5, 0.6) is 17.2 Å². The standard InChI is InChI=1S/C21H22O8/c1-27-14-8-12(28-21-20(26)19(25)18(24)15(9-22)29-21)7-11-6-5-10-3-2-4-13(23)16(10)17(11)14/h2-8,15,18-26H,9H2,1H3. The number of benzene rings is 3. The molecule has 1 saturated heterocycles. The van der Waals surface area contributed by atoms with Crippen molar-refractivity contribution in [1.29, 1.82) is 0 Å². The normalized spacial score (nSPS) is 27.3. The summed E-state index contributed by atoms with van der Waals surface area (Å²) < 4.78 is 16.6. The van der Waals surface area contributed by atoms with E-state index in [-0.39, 0.29) is 11.5 Å². The summed E-state index contributed by atoms with van der Waals surface area (Å²) in [5, 5.41) is 52.6. The molecule has 1 heterocycles. The number of methoxy groups -OCH3 is 1. The van der Waals surface area contributed by atoms with Crippen molar-refractivity contribution in [3.63, 3.8) is 0 Å². The highest BCUT2D eigenvalue weighted by atomic mass is 16.7. The molecule has 0 spiro atoms. The minimum absolute atomic E-state index is 0.119. The van der Waals surface area contributed by atoms with Crippen molar-refractivity contribution in [2.75, 3.05) is 13.7 Å². The summed E-state index contributed by atoms with van der Waals surface area (Å²) in [6.07, 6.45) is -6.89. The Morgan fingerprint density at radius 1 is 0.931 bits per heavy atom. The lowest BCUT2D eigenvalue weighted by molar-refractivity contribution is -0.277. The predicted octanol–water partition coefficient (Wildman–Crippen LogP) is 0.886. The first kappa shape index (κ1) is 19.7. The molecule has 5 atom stereocenters. The van der Waals surface area contributed by atoms with Gasteiger partial charge in [0.1, 0.15) is 41.7 Å². The smallest absolute Gasteiger partial charge is 0.229 e. The molecule has 5 unspecified atom stereocenters. The molecule has 1 fully saturated rings. The zero-order valence-electron chi connectivity index (χ0n) is 15.6. The van der Waals surface area contributed by atoms with Gasteiger partial charge in [0.2, 0.25) is 6.29 Å². The zero-order valence-corrected chi connectivity index (χ0v) is 15.6. The van der Waals surface area contributed by atoms with E-state index >= 15 is 0 Å². The Balaban J connectivity index is 1.76. The van der Waals surface area contributed by atoms with E-state index in [2.05, 4.69) is 0 Å². The third-order valence-electron chi connectivity index (χ3n) is 5.19. The summed E-state index contributed by atoms with van der Waals surface area (Å²) in [4.78, 5) is 0. The highest BCUT2D eigenvalue weighted by Gasteiger charge is 2.44. The summed E-state index contributed by atoms with van der Waals surface area (Å²) in [7, 11) is 1.49. The lowest BCUT2D eigenvalue weighted by Gasteiger charge is -2.39. The number of aliphatic hydroxyl groups is 4. The number of phenolic OH excluding ortho intramolecular Hbond substituents is 1. The topological polar surface area (TPSA) is 129 Å². The maximum atomic E-state index is 10.3. The van der Waals surface area contributed by atoms with Crippen molar-refractivity contribution in [3.8, 4) is 17.2 Å². The number of ether oxygens (including phenoxy) is 3. The first-order valence-electron chi connectivity index (χ1n) is 9.14. The molecule has 0 saturated carbocycles. The highest BCUT2D eigenvalue weighted by Crippen LogP contribution is 2.40. The van der Waals surface area contributed by atoms with Gasteiger partial charge in [0.15, 0.2) is 0 Å². The van der Waals surface area contributed by atoms with Crippen LogP contribution in [0.2, 0.25) is 0 Å². The highest BCUT2D eigenvalue weighted by molar-refractivity contribution is 6.13. The van der Waals surface area contributed by atoms with Gasteiger partial charge in [-0.25, -0.2) is 0 Å². The SMILES string of the molecule is COc1cc(OC2OC(CO)C(O)C(O)C2O)cc2ccc3cccc(O)c3c12. The van der Waals surface area contributed by atoms with Crippen LogP contribution in [0.1, 0.15) is 0 Å². The molecule has 0 radical (unpaired) electrons. The lowest BCUT2D eigenvalue weighted by Crippen LogP contribution is -2.60. The van der Waals surface area contributed by atoms with Crippen LogP contribution in [0.4, 0.5) is 0 Å². The molecule has 0 bridgehead atoms. The molecule has 1 aliphatic heterocycles. The van der Waals surface area contributed by atoms with Crippen LogP contribution >= 0.6 is 0 Å². The van der Waals surface area contributed by atoms with Gasteiger partial charge in [-0.15, -0.1) is 0 Å². The molecule has 0 aliphatic carbocycles. The van der Waals surface area contributed by atoms with Crippen LogP contribution in [-0.2, 0) is 4.74 Å². The Morgan fingerprint density at radius 2 is 1.69 bits per heavy atom. The van der Waals surface area contributed by atoms with E-state index in [4.69, 9.17) is 14.2 Å². The monoisotopic (exact) mass is 402 g/mol. The van der Waals surface area contributed by atoms with E-state index in [0.717, 1.165) is 10.8 Å². The fraction of sp³-hybridized carbons (Fsp3) is 0.333. The Hall–Kier alpha value is -2.62. The quantitative estimate of drug-likeness (QED) is 0.407. The number of aliphatic hydroxyl groups excluding tert-OH is 4. The molecule has 4 rings (SSSR count). The van der Waals surface area contributed by atoms with Gasteiger partial charge in [0.05, 0.1) is 13.7 Å². The molecular weight excluding hydrogens is 380 g/mol. The maximum Gasteiger partial charge on any atom is 0.229 e. The van der Waals surface area contributed by atoms with Crippen molar-refractivity contribution in [3.05, 3.63) is 42.5 Å². The van der Waals surface area contributed by atoms with Gasteiger partial charge in [-0.1, -0.05) is 24.3 Å². The largest absolute Gasteiger partial charge is 0.507 e.